The minimum Gasteiger partial charge on any atom is -0.387 e. The van der Waals surface area contributed by atoms with Crippen molar-refractivity contribution >= 4 is 46.3 Å². The molecule has 0 aliphatic carbocycles. The van der Waals surface area contributed by atoms with Crippen LogP contribution in [0.3, 0.4) is 0 Å². The fraction of sp³-hybridized carbons (Fsp3) is 0.636. The molecule has 32 heavy (non-hydrogen) atoms. The van der Waals surface area contributed by atoms with Gasteiger partial charge in [0.1, 0.15) is 35.5 Å². The maximum absolute atomic E-state index is 11.6. The quantitative estimate of drug-likeness (QED) is 0.180. The molecule has 21 heteroatoms. The van der Waals surface area contributed by atoms with Crippen molar-refractivity contribution in [2.24, 2.45) is 10.7 Å². The van der Waals surface area contributed by atoms with Gasteiger partial charge in [-0.05, 0) is 18.7 Å². The minimum atomic E-state index is -5.50. The third-order valence-electron chi connectivity index (χ3n) is 4.36. The fourth-order valence-corrected chi connectivity index (χ4v) is 6.99. The van der Waals surface area contributed by atoms with E-state index >= 15 is 0 Å². The molecule has 17 nitrogen and oxygen atoms in total. The van der Waals surface area contributed by atoms with E-state index in [1.807, 2.05) is 0 Å². The minimum absolute atomic E-state index is 0.345. The fourth-order valence-electron chi connectivity index (χ4n) is 3.02. The van der Waals surface area contributed by atoms with Crippen molar-refractivity contribution in [3.8, 4) is 0 Å². The molecule has 1 aromatic rings. The number of fused-ring (bicyclic) bond motifs is 1. The van der Waals surface area contributed by atoms with Gasteiger partial charge in [-0.1, -0.05) is 0 Å². The highest BCUT2D eigenvalue weighted by Gasteiger charge is 2.54. The van der Waals surface area contributed by atoms with E-state index in [1.165, 1.54) is 24.2 Å². The van der Waals surface area contributed by atoms with Crippen LogP contribution in [0.4, 0.5) is 5.82 Å². The van der Waals surface area contributed by atoms with Gasteiger partial charge in [-0.25, -0.2) is 18.4 Å². The van der Waals surface area contributed by atoms with Crippen LogP contribution in [-0.4, -0.2) is 70.1 Å². The summed E-state index contributed by atoms with van der Waals surface area (Å²) in [4.78, 5) is 44.4. The monoisotopic (exact) mass is 539 g/mol. The summed E-state index contributed by atoms with van der Waals surface area (Å²) in [7, 11) is -11.0. The predicted octanol–water partition coefficient (Wildman–Crippen LogP) is -1.24. The van der Waals surface area contributed by atoms with Crippen molar-refractivity contribution in [3.63, 3.8) is 0 Å². The molecule has 0 saturated carbocycles. The Kier molecular flexibility index (Phi) is 7.18. The second-order valence-electron chi connectivity index (χ2n) is 6.84. The summed E-state index contributed by atoms with van der Waals surface area (Å²) in [6, 6.07) is 0. The number of hydrogen-bond acceptors (Lipinski definition) is 13. The standard InChI is InChI=1S/C11H20N5O12P3S/c1-11(18)7(17)5(2-25-31(24,32)28-30(22,23)27-29(19,20)21)26-10(11)16-4-15-6-8(12)13-3-14-9(6)16/h3-5,7-8,10,17-18H,2,12H2,1H3,(H,13,14)(H,22,23)(H,24,32)(H2,19,20,21). The van der Waals surface area contributed by atoms with E-state index in [2.05, 4.69) is 35.7 Å². The number of imidazole rings is 1. The Bertz CT molecular complexity index is 1040. The first kappa shape index (κ1) is 26.0. The highest BCUT2D eigenvalue weighted by molar-refractivity contribution is 8.08. The number of aliphatic hydroxyl groups is 2. The van der Waals surface area contributed by atoms with Crippen molar-refractivity contribution in [1.29, 1.82) is 0 Å². The maximum Gasteiger partial charge on any atom is 0.488 e. The molecule has 3 rings (SSSR count). The summed E-state index contributed by atoms with van der Waals surface area (Å²) in [5.74, 6) is 0.345. The molecule has 9 N–H and O–H groups in total. The lowest BCUT2D eigenvalue weighted by molar-refractivity contribution is -0.0955. The number of nitrogens with two attached hydrogens (primary N) is 1. The molecule has 1 aromatic heterocycles. The number of aromatic nitrogens is 2. The van der Waals surface area contributed by atoms with Crippen LogP contribution in [0.1, 0.15) is 25.0 Å². The average Bonchev–Trinajstić information content (AvgIpc) is 3.11. The molecule has 0 amide bonds. The van der Waals surface area contributed by atoms with Crippen molar-refractivity contribution in [3.05, 3.63) is 12.0 Å². The number of aliphatic imine (C=N–C) groups is 1. The number of phosphoric acid groups is 2. The van der Waals surface area contributed by atoms with Gasteiger partial charge >= 0.3 is 22.4 Å². The Morgan fingerprint density at radius 3 is 2.62 bits per heavy atom. The number of nitrogens with one attached hydrogen (secondary N) is 1. The summed E-state index contributed by atoms with van der Waals surface area (Å²) in [6.45, 7) is -4.10. The smallest absolute Gasteiger partial charge is 0.387 e. The topological polar surface area (TPSA) is 261 Å². The second-order valence-corrected chi connectivity index (χ2v) is 12.6. The number of nitrogens with zero attached hydrogens (tertiary/aromatic N) is 3. The third kappa shape index (κ3) is 5.70. The van der Waals surface area contributed by atoms with E-state index in [1.54, 1.807) is 0 Å². The molecule has 1 fully saturated rings. The van der Waals surface area contributed by atoms with Gasteiger partial charge in [0.2, 0.25) is 0 Å². The van der Waals surface area contributed by atoms with Gasteiger partial charge in [-0.15, -0.1) is 0 Å². The van der Waals surface area contributed by atoms with Gasteiger partial charge in [0, 0.05) is 0 Å². The van der Waals surface area contributed by atoms with Crippen LogP contribution in [0, 0.1) is 0 Å². The molecule has 182 valence electrons. The molecule has 3 heterocycles. The van der Waals surface area contributed by atoms with Crippen LogP contribution in [0.2, 0.25) is 0 Å². The Balaban J connectivity index is 1.71. The largest absolute Gasteiger partial charge is 0.488 e. The van der Waals surface area contributed by atoms with Gasteiger partial charge in [0.05, 0.1) is 19.3 Å². The Morgan fingerprint density at radius 2 is 2.00 bits per heavy atom. The van der Waals surface area contributed by atoms with Gasteiger partial charge in [0.15, 0.2) is 6.23 Å². The first-order valence-electron chi connectivity index (χ1n) is 8.47. The van der Waals surface area contributed by atoms with Gasteiger partial charge < -0.3 is 50.1 Å². The van der Waals surface area contributed by atoms with Crippen molar-refractivity contribution < 1.29 is 56.8 Å². The molecule has 0 radical (unpaired) electrons. The van der Waals surface area contributed by atoms with E-state index < -0.39 is 59.2 Å². The zero-order valence-electron chi connectivity index (χ0n) is 16.0. The number of hydrogen-bond donors (Lipinski definition) is 8. The van der Waals surface area contributed by atoms with Crippen LogP contribution < -0.4 is 11.1 Å². The molecule has 1 saturated heterocycles. The average molecular weight is 539 g/mol. The highest BCUT2D eigenvalue weighted by Crippen LogP contribution is 2.66. The van der Waals surface area contributed by atoms with E-state index in [9.17, 15) is 29.1 Å². The third-order valence-corrected chi connectivity index (χ3v) is 9.08. The SMILES string of the molecule is CC1(O)C(O)C(COP(O)(=S)OP(=O)(O)OP(=O)(O)O)OC1n1cnc2c1NC=NC2N. The Labute approximate surface area is 184 Å². The molecule has 7 unspecified atom stereocenters. The van der Waals surface area contributed by atoms with Gasteiger partial charge in [-0.3, -0.25) is 9.56 Å². The molecule has 0 spiro atoms. The van der Waals surface area contributed by atoms with E-state index in [-0.39, 0.29) is 0 Å². The highest BCUT2D eigenvalue weighted by atomic mass is 32.5. The lowest BCUT2D eigenvalue weighted by Crippen LogP contribution is -2.44. The number of aliphatic hydroxyl groups excluding tert-OH is 1. The van der Waals surface area contributed by atoms with E-state index in [0.29, 0.717) is 11.5 Å². The van der Waals surface area contributed by atoms with Crippen LogP contribution >= 0.6 is 22.4 Å². The van der Waals surface area contributed by atoms with E-state index in [4.69, 9.17) is 24.8 Å². The number of rotatable bonds is 8. The summed E-state index contributed by atoms with van der Waals surface area (Å²) >= 11 is 4.52. The van der Waals surface area contributed by atoms with Crippen molar-refractivity contribution in [1.82, 2.24) is 9.55 Å². The predicted molar refractivity (Wildman–Crippen MR) is 108 cm³/mol. The van der Waals surface area contributed by atoms with Crippen molar-refractivity contribution in [2.75, 3.05) is 11.9 Å². The first-order chi connectivity index (χ1) is 14.5. The van der Waals surface area contributed by atoms with Crippen LogP contribution in [0.25, 0.3) is 0 Å². The van der Waals surface area contributed by atoms with Crippen molar-refractivity contribution in [2.45, 2.75) is 37.1 Å². The molecule has 0 bridgehead atoms. The van der Waals surface area contributed by atoms with Crippen LogP contribution in [0.15, 0.2) is 11.3 Å². The first-order valence-corrected chi connectivity index (χ1v) is 14.1. The molecular weight excluding hydrogens is 519 g/mol. The number of ether oxygens (including phenoxy) is 1. The Hall–Kier alpha value is -0.650. The van der Waals surface area contributed by atoms with Gasteiger partial charge in [-0.2, -0.15) is 4.31 Å². The molecule has 7 atom stereocenters. The summed E-state index contributed by atoms with van der Waals surface area (Å²) in [6.07, 6.45) is -2.32. The van der Waals surface area contributed by atoms with Crippen LogP contribution in [-0.2, 0) is 38.8 Å². The lowest BCUT2D eigenvalue weighted by Gasteiger charge is -2.28. The zero-order valence-corrected chi connectivity index (χ0v) is 19.5. The molecule has 2 aliphatic rings. The second kappa shape index (κ2) is 8.85. The normalized spacial score (nSPS) is 33.9. The summed E-state index contributed by atoms with van der Waals surface area (Å²) in [5, 5.41) is 24.1. The maximum atomic E-state index is 11.6. The van der Waals surface area contributed by atoms with E-state index in [0.717, 1.165) is 0 Å². The summed E-state index contributed by atoms with van der Waals surface area (Å²) < 4.78 is 41.7. The number of anilines is 1. The summed E-state index contributed by atoms with van der Waals surface area (Å²) in [5.41, 5.74) is 4.26. The van der Waals surface area contributed by atoms with Gasteiger partial charge in [0.25, 0.3) is 0 Å². The zero-order chi connectivity index (χ0) is 24.1. The molecule has 2 aliphatic heterocycles. The lowest BCUT2D eigenvalue weighted by atomic mass is 9.96. The molecular formula is C11H20N5O12P3S. The Morgan fingerprint density at radius 1 is 1.34 bits per heavy atom. The molecule has 0 aromatic carbocycles. The van der Waals surface area contributed by atoms with Crippen LogP contribution in [0.5, 0.6) is 0 Å².